The van der Waals surface area contributed by atoms with E-state index in [0.717, 1.165) is 5.56 Å². The van der Waals surface area contributed by atoms with Crippen molar-refractivity contribution in [1.82, 2.24) is 20.7 Å². The number of carbonyl (C=O) groups excluding carboxylic acids is 4. The molecular formula is C40H67N7O11S2. The van der Waals surface area contributed by atoms with Gasteiger partial charge in [-0.15, -0.1) is 0 Å². The molecule has 0 saturated carbocycles. The fraction of sp³-hybridized carbons (Fsp3) is 0.700. The smallest absolute Gasteiger partial charge is 0.328 e. The van der Waals surface area contributed by atoms with Crippen LogP contribution in [0.25, 0.3) is 0 Å². The fourth-order valence-electron chi connectivity index (χ4n) is 6.27. The van der Waals surface area contributed by atoms with Gasteiger partial charge >= 0.3 is 11.9 Å². The van der Waals surface area contributed by atoms with E-state index in [4.69, 9.17) is 25.7 Å². The summed E-state index contributed by atoms with van der Waals surface area (Å²) in [5.74, 6) is -3.49. The number of fused-ring (bicyclic) bond motifs is 1. The van der Waals surface area contributed by atoms with E-state index in [1.165, 1.54) is 11.8 Å². The number of carboxylic acids is 1. The lowest BCUT2D eigenvalue weighted by Crippen LogP contribution is -2.57. The summed E-state index contributed by atoms with van der Waals surface area (Å²) >= 11 is 1.40. The second-order valence-corrected chi connectivity index (χ2v) is 20.1. The average molecular weight is 886 g/mol. The second kappa shape index (κ2) is 21.6. The number of hydrogen-bond acceptors (Lipinski definition) is 13. The lowest BCUT2D eigenvalue weighted by Gasteiger charge is -2.26. The van der Waals surface area contributed by atoms with Crippen LogP contribution in [0.1, 0.15) is 110 Å². The summed E-state index contributed by atoms with van der Waals surface area (Å²) in [6.07, 6.45) is 2.23. The summed E-state index contributed by atoms with van der Waals surface area (Å²) in [7, 11) is -4.18. The summed E-state index contributed by atoms with van der Waals surface area (Å²) in [5.41, 5.74) is 12.8. The second-order valence-electron chi connectivity index (χ2n) is 17.5. The topological polar surface area (TPSA) is 280 Å². The van der Waals surface area contributed by atoms with E-state index in [1.54, 1.807) is 68.6 Å². The van der Waals surface area contributed by atoms with Crippen LogP contribution < -0.4 is 36.9 Å². The van der Waals surface area contributed by atoms with Crippen molar-refractivity contribution in [3.8, 4) is 5.75 Å². The minimum atomic E-state index is -4.18. The Bertz CT molecular complexity index is 1870. The number of esters is 1. The lowest BCUT2D eigenvalue weighted by atomic mass is 9.94. The summed E-state index contributed by atoms with van der Waals surface area (Å²) in [6, 6.07) is -5.10. The van der Waals surface area contributed by atoms with Gasteiger partial charge in [-0.3, -0.25) is 24.2 Å². The van der Waals surface area contributed by atoms with E-state index in [1.807, 2.05) is 13.8 Å². The van der Waals surface area contributed by atoms with E-state index >= 15 is 0 Å². The monoisotopic (exact) mass is 885 g/mol. The molecule has 0 saturated heterocycles. The Kier molecular flexibility index (Phi) is 18.7. The molecule has 20 heteroatoms. The van der Waals surface area contributed by atoms with Crippen molar-refractivity contribution in [2.75, 3.05) is 25.2 Å². The molecule has 1 aliphatic heterocycles. The molecule has 0 fully saturated rings. The van der Waals surface area contributed by atoms with Crippen LogP contribution in [-0.4, -0.2) is 115 Å². The number of nitrogens with two attached hydrogens (primary N) is 2. The van der Waals surface area contributed by atoms with Crippen LogP contribution >= 0.6 is 11.8 Å². The number of guanidine groups is 1. The molecule has 9 N–H and O–H groups in total. The summed E-state index contributed by atoms with van der Waals surface area (Å²) in [4.78, 5) is 69.0. The first-order chi connectivity index (χ1) is 27.5. The maximum absolute atomic E-state index is 13.8. The number of rotatable bonds is 21. The van der Waals surface area contributed by atoms with Gasteiger partial charge in [0.15, 0.2) is 6.04 Å². The van der Waals surface area contributed by atoms with Crippen LogP contribution in [0.2, 0.25) is 0 Å². The van der Waals surface area contributed by atoms with Crippen LogP contribution in [-0.2, 0) is 49.9 Å². The Morgan fingerprint density at radius 2 is 1.45 bits per heavy atom. The van der Waals surface area contributed by atoms with Crippen LogP contribution in [0.4, 0.5) is 0 Å². The minimum Gasteiger partial charge on any atom is -0.487 e. The molecule has 18 nitrogen and oxygen atoms in total. The molecule has 3 amide bonds. The molecular weight excluding hydrogens is 819 g/mol. The molecule has 0 radical (unpaired) electrons. The molecule has 0 unspecified atom stereocenters. The Balaban J connectivity index is 2.29. The quantitative estimate of drug-likeness (QED) is 0.0404. The summed E-state index contributed by atoms with van der Waals surface area (Å²) in [5, 5.41) is 17.4. The van der Waals surface area contributed by atoms with E-state index in [0.29, 0.717) is 34.6 Å². The van der Waals surface area contributed by atoms with Crippen molar-refractivity contribution >= 4 is 57.4 Å². The first-order valence-electron chi connectivity index (χ1n) is 19.9. The van der Waals surface area contributed by atoms with Crippen molar-refractivity contribution in [3.63, 3.8) is 0 Å². The van der Waals surface area contributed by atoms with Gasteiger partial charge in [0.2, 0.25) is 23.7 Å². The van der Waals surface area contributed by atoms with Crippen LogP contribution in [0, 0.1) is 20.8 Å². The predicted molar refractivity (Wildman–Crippen MR) is 230 cm³/mol. The molecule has 0 aromatic heterocycles. The van der Waals surface area contributed by atoms with E-state index in [-0.39, 0.29) is 50.2 Å². The number of sulfonamides is 1. The number of benzene rings is 1. The zero-order valence-corrected chi connectivity index (χ0v) is 38.8. The van der Waals surface area contributed by atoms with Gasteiger partial charge in [-0.2, -0.15) is 11.8 Å². The van der Waals surface area contributed by atoms with Gasteiger partial charge in [0.05, 0.1) is 23.1 Å². The predicted octanol–water partition coefficient (Wildman–Crippen LogP) is 2.25. The first-order valence-corrected chi connectivity index (χ1v) is 22.7. The standard InChI is InChI=1S/C40H67N7O11S2/c1-22-23(2)32(24(3)25-20-40(10,11)58-31(22)25)60(54,55)47-37(42)43-18-13-14-27(44-33(49)26(41)15-16-30(48)57-39(7,8)9)34(50)45-28(17-19-59-12)35(51)46-29(36(52)53)21-56-38(4,5)6/h26-29H,13-21,41H2,1-12H3,(H,44,49)(H,45,50)(H,46,51)(H,52,53)(H3,42,43,47)/t26-,27-,28-,29-/m0/s1. The average Bonchev–Trinajstić information content (AvgIpc) is 3.44. The SMILES string of the molecule is CSCC[C@H](NC(=O)[C@H](CCCN=C(N)NS(=O)(=O)c1c(C)c(C)c2c(c1C)CC(C)(C)O2)NC(=O)[C@@H](N)CCC(=O)OC(C)(C)C)C(=O)N[C@@H](COC(C)(C)C)C(=O)O. The number of hydrogen-bond donors (Lipinski definition) is 7. The Labute approximate surface area is 358 Å². The number of ether oxygens (including phenoxy) is 3. The van der Waals surface area contributed by atoms with Crippen molar-refractivity contribution in [2.24, 2.45) is 16.5 Å². The molecule has 1 heterocycles. The molecule has 0 bridgehead atoms. The number of carboxylic acid groups (broad SMARTS) is 1. The molecule has 4 atom stereocenters. The largest absolute Gasteiger partial charge is 0.487 e. The first kappa shape index (κ1) is 52.0. The third kappa shape index (κ3) is 16.4. The van der Waals surface area contributed by atoms with Crippen LogP contribution in [0.3, 0.4) is 0 Å². The van der Waals surface area contributed by atoms with Gasteiger partial charge in [0.1, 0.15) is 29.0 Å². The summed E-state index contributed by atoms with van der Waals surface area (Å²) in [6.45, 7) is 19.0. The number of amides is 3. The number of thioether (sulfide) groups is 1. The van der Waals surface area contributed by atoms with Crippen molar-refractivity contribution in [1.29, 1.82) is 0 Å². The Morgan fingerprint density at radius 1 is 0.883 bits per heavy atom. The molecule has 1 aliphatic rings. The maximum atomic E-state index is 13.8. The molecule has 0 aliphatic carbocycles. The van der Waals surface area contributed by atoms with Gasteiger partial charge in [-0.25, -0.2) is 17.9 Å². The number of nitrogens with one attached hydrogen (secondary N) is 4. The van der Waals surface area contributed by atoms with E-state index < -0.39 is 86.6 Å². The van der Waals surface area contributed by atoms with Crippen molar-refractivity contribution in [2.45, 2.75) is 161 Å². The van der Waals surface area contributed by atoms with Gasteiger partial charge in [0, 0.05) is 24.9 Å². The molecule has 2 rings (SSSR count). The number of nitrogens with zero attached hydrogens (tertiary/aromatic N) is 1. The highest BCUT2D eigenvalue weighted by molar-refractivity contribution is 7.98. The molecule has 60 heavy (non-hydrogen) atoms. The maximum Gasteiger partial charge on any atom is 0.328 e. The highest BCUT2D eigenvalue weighted by atomic mass is 32.2. The van der Waals surface area contributed by atoms with Gasteiger partial charge in [-0.05, 0) is 131 Å². The van der Waals surface area contributed by atoms with Crippen molar-refractivity contribution < 1.29 is 51.7 Å². The third-order valence-corrected chi connectivity index (χ3v) is 11.6. The van der Waals surface area contributed by atoms with Gasteiger partial charge < -0.3 is 46.7 Å². The van der Waals surface area contributed by atoms with Gasteiger partial charge in [0.25, 0.3) is 10.0 Å². The number of aliphatic imine (C=N–C) groups is 1. The number of aliphatic carboxylic acids is 1. The third-order valence-electron chi connectivity index (χ3n) is 9.32. The van der Waals surface area contributed by atoms with Crippen molar-refractivity contribution in [3.05, 3.63) is 22.3 Å². The molecule has 1 aromatic carbocycles. The number of carbonyl (C=O) groups is 5. The highest BCUT2D eigenvalue weighted by Crippen LogP contribution is 2.43. The van der Waals surface area contributed by atoms with Crippen LogP contribution in [0.5, 0.6) is 5.75 Å². The highest BCUT2D eigenvalue weighted by Gasteiger charge is 2.37. The Morgan fingerprint density at radius 3 is 2.00 bits per heavy atom. The fourth-order valence-corrected chi connectivity index (χ4v) is 8.26. The van der Waals surface area contributed by atoms with Gasteiger partial charge in [-0.1, -0.05) is 0 Å². The molecule has 1 aromatic rings. The Hall–Kier alpha value is -4.14. The molecule has 340 valence electrons. The normalized spacial score (nSPS) is 16.1. The van der Waals surface area contributed by atoms with E-state index in [9.17, 15) is 37.5 Å². The zero-order valence-electron chi connectivity index (χ0n) is 37.1. The lowest BCUT2D eigenvalue weighted by molar-refractivity contribution is -0.155. The van der Waals surface area contributed by atoms with Crippen LogP contribution in [0.15, 0.2) is 9.89 Å². The van der Waals surface area contributed by atoms with E-state index in [2.05, 4.69) is 25.7 Å². The molecule has 0 spiro atoms. The minimum absolute atomic E-state index is 0.0635. The zero-order chi connectivity index (χ0) is 46.0. The summed E-state index contributed by atoms with van der Waals surface area (Å²) < 4.78 is 46.7.